The number of ketones is 1. The van der Waals surface area contributed by atoms with Crippen LogP contribution in [-0.2, 0) is 9.59 Å². The predicted octanol–water partition coefficient (Wildman–Crippen LogP) is 0.132. The van der Waals surface area contributed by atoms with Crippen molar-refractivity contribution < 1.29 is 14.7 Å². The quantitative estimate of drug-likeness (QED) is 0.547. The summed E-state index contributed by atoms with van der Waals surface area (Å²) < 4.78 is 0. The minimum Gasteiger partial charge on any atom is -0.550 e. The van der Waals surface area contributed by atoms with Crippen LogP contribution in [0.1, 0.15) is 33.6 Å². The molecule has 3 nitrogen and oxygen atoms in total. The van der Waals surface area contributed by atoms with E-state index in [1.54, 1.807) is 0 Å². The molecular weight excluding hydrogens is 144 g/mol. The van der Waals surface area contributed by atoms with Crippen molar-refractivity contribution >= 4 is 11.8 Å². The lowest BCUT2D eigenvalue weighted by Gasteiger charge is -2.16. The first-order valence-electron chi connectivity index (χ1n) is 3.53. The first-order chi connectivity index (χ1) is 4.81. The number of aliphatic carboxylic acids is 1. The summed E-state index contributed by atoms with van der Waals surface area (Å²) in [6.07, 6.45) is -0.168. The maximum absolute atomic E-state index is 10.8. The zero-order valence-electron chi connectivity index (χ0n) is 7.14. The van der Waals surface area contributed by atoms with E-state index >= 15 is 0 Å². The number of carboxylic acid groups (broad SMARTS) is 1. The highest BCUT2D eigenvalue weighted by Crippen LogP contribution is 2.19. The molecule has 11 heavy (non-hydrogen) atoms. The van der Waals surface area contributed by atoms with Gasteiger partial charge < -0.3 is 9.90 Å². The monoisotopic (exact) mass is 157 g/mol. The Morgan fingerprint density at radius 3 is 2.00 bits per heavy atom. The van der Waals surface area contributed by atoms with E-state index < -0.39 is 12.4 Å². The predicted molar refractivity (Wildman–Crippen MR) is 38.7 cm³/mol. The van der Waals surface area contributed by atoms with Crippen LogP contribution in [0.3, 0.4) is 0 Å². The molecule has 0 saturated heterocycles. The molecule has 0 aromatic rings. The Kier molecular flexibility index (Phi) is 3.23. The van der Waals surface area contributed by atoms with Crippen molar-refractivity contribution in [3.8, 4) is 0 Å². The molecule has 0 unspecified atom stereocenters. The molecule has 0 atom stereocenters. The SMILES string of the molecule is CC(C)(C)CC(=O)CC(=O)[O-]. The Balaban J connectivity index is 3.80. The van der Waals surface area contributed by atoms with Gasteiger partial charge in [0, 0.05) is 18.8 Å². The third-order valence-corrected chi connectivity index (χ3v) is 1.07. The molecule has 0 aliphatic carbocycles. The molecule has 0 heterocycles. The van der Waals surface area contributed by atoms with Crippen LogP contribution in [-0.4, -0.2) is 11.8 Å². The molecule has 0 saturated carbocycles. The van der Waals surface area contributed by atoms with Crippen molar-refractivity contribution in [1.82, 2.24) is 0 Å². The summed E-state index contributed by atoms with van der Waals surface area (Å²) in [5.74, 6) is -1.56. The van der Waals surface area contributed by atoms with Crippen LogP contribution in [0.2, 0.25) is 0 Å². The molecule has 64 valence electrons. The summed E-state index contributed by atoms with van der Waals surface area (Å²) in [7, 11) is 0. The second-order valence-electron chi connectivity index (χ2n) is 3.82. The van der Waals surface area contributed by atoms with Gasteiger partial charge in [-0.3, -0.25) is 4.79 Å². The maximum Gasteiger partial charge on any atom is 0.139 e. The van der Waals surface area contributed by atoms with E-state index in [0.29, 0.717) is 6.42 Å². The highest BCUT2D eigenvalue weighted by Gasteiger charge is 2.15. The van der Waals surface area contributed by atoms with E-state index in [-0.39, 0.29) is 11.2 Å². The van der Waals surface area contributed by atoms with Gasteiger partial charge in [-0.2, -0.15) is 0 Å². The number of hydrogen-bond donors (Lipinski definition) is 0. The van der Waals surface area contributed by atoms with Crippen molar-refractivity contribution in [3.63, 3.8) is 0 Å². The van der Waals surface area contributed by atoms with Gasteiger partial charge in [-0.25, -0.2) is 0 Å². The van der Waals surface area contributed by atoms with Gasteiger partial charge in [-0.1, -0.05) is 20.8 Å². The minimum atomic E-state index is -1.29. The molecule has 3 heteroatoms. The highest BCUT2D eigenvalue weighted by molar-refractivity contribution is 5.94. The third-order valence-electron chi connectivity index (χ3n) is 1.07. The number of Topliss-reactive ketones (excluding diaryl/α,β-unsaturated/α-hetero) is 1. The van der Waals surface area contributed by atoms with E-state index in [2.05, 4.69) is 0 Å². The number of carboxylic acids is 1. The fourth-order valence-corrected chi connectivity index (χ4v) is 0.815. The summed E-state index contributed by atoms with van der Waals surface area (Å²) in [5.41, 5.74) is -0.132. The van der Waals surface area contributed by atoms with E-state index in [1.807, 2.05) is 20.8 Å². The smallest absolute Gasteiger partial charge is 0.139 e. The summed E-state index contributed by atoms with van der Waals surface area (Å²) >= 11 is 0. The Morgan fingerprint density at radius 1 is 1.27 bits per heavy atom. The topological polar surface area (TPSA) is 57.2 Å². The first kappa shape index (κ1) is 10.1. The molecule has 0 aliphatic heterocycles. The van der Waals surface area contributed by atoms with Crippen LogP contribution < -0.4 is 5.11 Å². The van der Waals surface area contributed by atoms with Crippen molar-refractivity contribution in [2.45, 2.75) is 33.6 Å². The van der Waals surface area contributed by atoms with Crippen LogP contribution in [0.15, 0.2) is 0 Å². The maximum atomic E-state index is 10.8. The lowest BCUT2D eigenvalue weighted by Crippen LogP contribution is -2.26. The molecule has 0 rings (SSSR count). The summed E-state index contributed by atoms with van der Waals surface area (Å²) in [5, 5.41) is 9.96. The van der Waals surface area contributed by atoms with E-state index in [9.17, 15) is 14.7 Å². The number of rotatable bonds is 3. The largest absolute Gasteiger partial charge is 0.550 e. The van der Waals surface area contributed by atoms with E-state index in [4.69, 9.17) is 0 Å². The molecule has 0 spiro atoms. The molecule has 0 N–H and O–H groups in total. The van der Waals surface area contributed by atoms with Crippen LogP contribution in [0.25, 0.3) is 0 Å². The fourth-order valence-electron chi connectivity index (χ4n) is 0.815. The number of carbonyl (C=O) groups excluding carboxylic acids is 2. The van der Waals surface area contributed by atoms with Gasteiger partial charge in [0.1, 0.15) is 5.78 Å². The van der Waals surface area contributed by atoms with Gasteiger partial charge in [0.05, 0.1) is 0 Å². The summed E-state index contributed by atoms with van der Waals surface area (Å²) in [6.45, 7) is 5.67. The van der Waals surface area contributed by atoms with Crippen LogP contribution >= 0.6 is 0 Å². The molecule has 0 radical (unpaired) electrons. The van der Waals surface area contributed by atoms with E-state index in [1.165, 1.54) is 0 Å². The lowest BCUT2D eigenvalue weighted by atomic mass is 9.89. The molecule has 0 amide bonds. The van der Waals surface area contributed by atoms with E-state index in [0.717, 1.165) is 0 Å². The zero-order valence-corrected chi connectivity index (χ0v) is 7.14. The highest BCUT2D eigenvalue weighted by atomic mass is 16.4. The van der Waals surface area contributed by atoms with Crippen LogP contribution in [0, 0.1) is 5.41 Å². The number of carbonyl (C=O) groups is 2. The van der Waals surface area contributed by atoms with Crippen molar-refractivity contribution in [2.75, 3.05) is 0 Å². The van der Waals surface area contributed by atoms with Gasteiger partial charge in [0.25, 0.3) is 0 Å². The minimum absolute atomic E-state index is 0.132. The average Bonchev–Trinajstić information content (AvgIpc) is 1.53. The summed E-state index contributed by atoms with van der Waals surface area (Å²) in [6, 6.07) is 0. The zero-order chi connectivity index (χ0) is 9.07. The molecule has 0 fully saturated rings. The first-order valence-corrected chi connectivity index (χ1v) is 3.53. The van der Waals surface area contributed by atoms with Gasteiger partial charge in [0.2, 0.25) is 0 Å². The molecule has 0 bridgehead atoms. The Labute approximate surface area is 66.4 Å². The van der Waals surface area contributed by atoms with Gasteiger partial charge in [0.15, 0.2) is 0 Å². The molecule has 0 aromatic heterocycles. The van der Waals surface area contributed by atoms with Crippen molar-refractivity contribution in [3.05, 3.63) is 0 Å². The Hall–Kier alpha value is -0.860. The molecule has 0 aromatic carbocycles. The molecular formula is C8H13O3-. The third kappa shape index (κ3) is 7.03. The van der Waals surface area contributed by atoms with Crippen LogP contribution in [0.4, 0.5) is 0 Å². The van der Waals surface area contributed by atoms with Gasteiger partial charge in [-0.05, 0) is 5.41 Å². The average molecular weight is 157 g/mol. The fraction of sp³-hybridized carbons (Fsp3) is 0.750. The van der Waals surface area contributed by atoms with Crippen molar-refractivity contribution in [2.24, 2.45) is 5.41 Å². The second-order valence-corrected chi connectivity index (χ2v) is 3.82. The normalized spacial score (nSPS) is 11.2. The lowest BCUT2D eigenvalue weighted by molar-refractivity contribution is -0.304. The standard InChI is InChI=1S/C8H14O3/c1-8(2,3)5-6(9)4-7(10)11/h4-5H2,1-3H3,(H,10,11)/p-1. The van der Waals surface area contributed by atoms with Crippen LogP contribution in [0.5, 0.6) is 0 Å². The summed E-state index contributed by atoms with van der Waals surface area (Å²) in [4.78, 5) is 20.8. The Morgan fingerprint density at radius 2 is 1.73 bits per heavy atom. The molecule has 0 aliphatic rings. The van der Waals surface area contributed by atoms with Gasteiger partial charge in [-0.15, -0.1) is 0 Å². The van der Waals surface area contributed by atoms with Gasteiger partial charge >= 0.3 is 0 Å². The second kappa shape index (κ2) is 3.51. The Bertz CT molecular complexity index is 165. The number of hydrogen-bond acceptors (Lipinski definition) is 3. The van der Waals surface area contributed by atoms with Crippen molar-refractivity contribution in [1.29, 1.82) is 0 Å².